The molecule has 0 spiro atoms. The molecule has 3 nitrogen and oxygen atoms in total. The lowest BCUT2D eigenvalue weighted by Crippen LogP contribution is -2.42. The van der Waals surface area contributed by atoms with Gasteiger partial charge < -0.3 is 10.1 Å². The molecule has 2 rings (SSSR count). The van der Waals surface area contributed by atoms with Gasteiger partial charge in [-0.1, -0.05) is 12.1 Å². The number of halogens is 1. The quantitative estimate of drug-likeness (QED) is 0.917. The van der Waals surface area contributed by atoms with Gasteiger partial charge in [-0.3, -0.25) is 4.90 Å². The van der Waals surface area contributed by atoms with E-state index >= 15 is 0 Å². The number of hydrogen-bond acceptors (Lipinski definition) is 3. The Bertz CT molecular complexity index is 351. The number of para-hydroxylation sites is 1. The first-order chi connectivity index (χ1) is 7.81. The van der Waals surface area contributed by atoms with Gasteiger partial charge in [0.25, 0.3) is 0 Å². The van der Waals surface area contributed by atoms with Gasteiger partial charge in [0.05, 0.1) is 11.6 Å². The molecule has 0 unspecified atom stereocenters. The first kappa shape index (κ1) is 11.9. The van der Waals surface area contributed by atoms with E-state index in [0.29, 0.717) is 0 Å². The second kappa shape index (κ2) is 5.66. The maximum Gasteiger partial charge on any atom is 0.137 e. The molecule has 1 aliphatic rings. The highest BCUT2D eigenvalue weighted by Crippen LogP contribution is 2.29. The van der Waals surface area contributed by atoms with E-state index in [9.17, 15) is 0 Å². The smallest absolute Gasteiger partial charge is 0.137 e. The summed E-state index contributed by atoms with van der Waals surface area (Å²) in [4.78, 5) is 2.45. The molecule has 1 N–H and O–H groups in total. The van der Waals surface area contributed by atoms with Crippen molar-refractivity contribution in [2.24, 2.45) is 0 Å². The number of nitrogens with one attached hydrogen (secondary N) is 1. The van der Waals surface area contributed by atoms with Crippen LogP contribution in [0.2, 0.25) is 0 Å². The number of ether oxygens (including phenoxy) is 1. The minimum Gasteiger partial charge on any atom is -0.495 e. The molecule has 1 saturated heterocycles. The van der Waals surface area contributed by atoms with Crippen LogP contribution in [0.5, 0.6) is 5.75 Å². The molecule has 1 aliphatic heterocycles. The van der Waals surface area contributed by atoms with Crippen LogP contribution in [0.3, 0.4) is 0 Å². The van der Waals surface area contributed by atoms with Crippen molar-refractivity contribution in [3.8, 4) is 5.75 Å². The van der Waals surface area contributed by atoms with Gasteiger partial charge in [-0.15, -0.1) is 0 Å². The van der Waals surface area contributed by atoms with Crippen LogP contribution in [-0.2, 0) is 6.54 Å². The van der Waals surface area contributed by atoms with E-state index in [0.717, 1.165) is 42.9 Å². The molecule has 4 heteroatoms. The summed E-state index contributed by atoms with van der Waals surface area (Å²) >= 11 is 3.52. The number of nitrogens with zero attached hydrogens (tertiary/aromatic N) is 1. The maximum absolute atomic E-state index is 5.43. The molecule has 0 atom stereocenters. The van der Waals surface area contributed by atoms with Crippen molar-refractivity contribution >= 4 is 15.9 Å². The summed E-state index contributed by atoms with van der Waals surface area (Å²) in [6, 6.07) is 6.20. The predicted octanol–water partition coefficient (Wildman–Crippen LogP) is 1.86. The van der Waals surface area contributed by atoms with Crippen molar-refractivity contribution in [3.63, 3.8) is 0 Å². The number of piperazine rings is 1. The fourth-order valence-electron chi connectivity index (χ4n) is 2.02. The summed E-state index contributed by atoms with van der Waals surface area (Å²) in [5.41, 5.74) is 1.25. The fourth-order valence-corrected chi connectivity index (χ4v) is 2.59. The zero-order valence-electron chi connectivity index (χ0n) is 9.50. The Morgan fingerprint density at radius 2 is 2.12 bits per heavy atom. The van der Waals surface area contributed by atoms with Crippen molar-refractivity contribution in [1.29, 1.82) is 0 Å². The van der Waals surface area contributed by atoms with E-state index < -0.39 is 0 Å². The third-order valence-electron chi connectivity index (χ3n) is 2.86. The lowest BCUT2D eigenvalue weighted by atomic mass is 10.2. The molecule has 88 valence electrons. The average Bonchev–Trinajstić information content (AvgIpc) is 2.31. The molecule has 1 aromatic rings. The zero-order valence-corrected chi connectivity index (χ0v) is 11.1. The van der Waals surface area contributed by atoms with Crippen LogP contribution >= 0.6 is 15.9 Å². The van der Waals surface area contributed by atoms with Crippen LogP contribution in [0.15, 0.2) is 22.7 Å². The normalized spacial score (nSPS) is 17.4. The van der Waals surface area contributed by atoms with Crippen LogP contribution in [-0.4, -0.2) is 38.2 Å². The fraction of sp³-hybridized carbons (Fsp3) is 0.500. The SMILES string of the molecule is COc1c(Br)cccc1CN1CCNCC1. The van der Waals surface area contributed by atoms with E-state index in [4.69, 9.17) is 4.74 Å². The van der Waals surface area contributed by atoms with Crippen molar-refractivity contribution < 1.29 is 4.74 Å². The Balaban J connectivity index is 2.10. The molecule has 1 aromatic carbocycles. The highest BCUT2D eigenvalue weighted by atomic mass is 79.9. The van der Waals surface area contributed by atoms with Gasteiger partial charge in [0.15, 0.2) is 0 Å². The summed E-state index contributed by atoms with van der Waals surface area (Å²) in [5.74, 6) is 0.959. The van der Waals surface area contributed by atoms with Crippen LogP contribution in [0.1, 0.15) is 5.56 Å². The number of rotatable bonds is 3. The monoisotopic (exact) mass is 284 g/mol. The molecular weight excluding hydrogens is 268 g/mol. The highest BCUT2D eigenvalue weighted by molar-refractivity contribution is 9.10. The molecule has 0 saturated carbocycles. The van der Waals surface area contributed by atoms with Gasteiger partial charge in [-0.25, -0.2) is 0 Å². The Labute approximate surface area is 105 Å². The molecule has 1 fully saturated rings. The van der Waals surface area contributed by atoms with Gasteiger partial charge in [0.1, 0.15) is 5.75 Å². The van der Waals surface area contributed by atoms with E-state index in [1.54, 1.807) is 7.11 Å². The van der Waals surface area contributed by atoms with Crippen molar-refractivity contribution in [2.45, 2.75) is 6.54 Å². The summed E-state index contributed by atoms with van der Waals surface area (Å²) in [7, 11) is 1.72. The Morgan fingerprint density at radius 3 is 2.81 bits per heavy atom. The first-order valence-corrected chi connectivity index (χ1v) is 6.35. The van der Waals surface area contributed by atoms with Gasteiger partial charge in [-0.2, -0.15) is 0 Å². The average molecular weight is 285 g/mol. The molecular formula is C12H17BrN2O. The minimum absolute atomic E-state index is 0.959. The van der Waals surface area contributed by atoms with Crippen molar-refractivity contribution in [1.82, 2.24) is 10.2 Å². The molecule has 0 radical (unpaired) electrons. The number of benzene rings is 1. The first-order valence-electron chi connectivity index (χ1n) is 5.55. The maximum atomic E-state index is 5.43. The van der Waals surface area contributed by atoms with Gasteiger partial charge >= 0.3 is 0 Å². The van der Waals surface area contributed by atoms with Crippen molar-refractivity contribution in [3.05, 3.63) is 28.2 Å². The van der Waals surface area contributed by atoms with Crippen molar-refractivity contribution in [2.75, 3.05) is 33.3 Å². The second-order valence-corrected chi connectivity index (χ2v) is 4.81. The second-order valence-electron chi connectivity index (χ2n) is 3.96. The molecule has 0 amide bonds. The summed E-state index contributed by atoms with van der Waals surface area (Å²) in [6.45, 7) is 5.34. The van der Waals surface area contributed by atoms with E-state index in [2.05, 4.69) is 38.3 Å². The summed E-state index contributed by atoms with van der Waals surface area (Å²) in [6.07, 6.45) is 0. The van der Waals surface area contributed by atoms with Gasteiger partial charge in [0, 0.05) is 38.3 Å². The number of hydrogen-bond donors (Lipinski definition) is 1. The van der Waals surface area contributed by atoms with Gasteiger partial charge in [-0.05, 0) is 22.0 Å². The summed E-state index contributed by atoms with van der Waals surface area (Å²) in [5, 5.41) is 3.36. The lowest BCUT2D eigenvalue weighted by Gasteiger charge is -2.27. The Kier molecular flexibility index (Phi) is 4.21. The van der Waals surface area contributed by atoms with Gasteiger partial charge in [0.2, 0.25) is 0 Å². The summed E-state index contributed by atoms with van der Waals surface area (Å²) < 4.78 is 6.46. The highest BCUT2D eigenvalue weighted by Gasteiger charge is 2.13. The third-order valence-corrected chi connectivity index (χ3v) is 3.48. The standard InChI is InChI=1S/C12H17BrN2O/c1-16-12-10(3-2-4-11(12)13)9-15-7-5-14-6-8-15/h2-4,14H,5-9H2,1H3. The molecule has 1 heterocycles. The Hall–Kier alpha value is -0.580. The zero-order chi connectivity index (χ0) is 11.4. The third kappa shape index (κ3) is 2.75. The van der Waals surface area contributed by atoms with Crippen LogP contribution < -0.4 is 10.1 Å². The topological polar surface area (TPSA) is 24.5 Å². The molecule has 16 heavy (non-hydrogen) atoms. The van der Waals surface area contributed by atoms with Crippen LogP contribution in [0, 0.1) is 0 Å². The van der Waals surface area contributed by atoms with E-state index in [1.165, 1.54) is 5.56 Å². The molecule has 0 bridgehead atoms. The van der Waals surface area contributed by atoms with E-state index in [1.807, 2.05) is 6.07 Å². The van der Waals surface area contributed by atoms with Crippen LogP contribution in [0.25, 0.3) is 0 Å². The Morgan fingerprint density at radius 1 is 1.38 bits per heavy atom. The molecule has 0 aliphatic carbocycles. The largest absolute Gasteiger partial charge is 0.495 e. The molecule has 0 aromatic heterocycles. The van der Waals surface area contributed by atoms with E-state index in [-0.39, 0.29) is 0 Å². The number of methoxy groups -OCH3 is 1. The predicted molar refractivity (Wildman–Crippen MR) is 68.8 cm³/mol. The van der Waals surface area contributed by atoms with Crippen LogP contribution in [0.4, 0.5) is 0 Å². The minimum atomic E-state index is 0.959. The lowest BCUT2D eigenvalue weighted by molar-refractivity contribution is 0.230.